The Bertz CT molecular complexity index is 402. The van der Waals surface area contributed by atoms with E-state index in [1.165, 1.54) is 7.11 Å². The van der Waals surface area contributed by atoms with Gasteiger partial charge in [0.2, 0.25) is 5.91 Å². The second-order valence-electron chi connectivity index (χ2n) is 7.20. The van der Waals surface area contributed by atoms with Crippen LogP contribution < -0.4 is 5.32 Å². The highest BCUT2D eigenvalue weighted by Gasteiger charge is 2.55. The number of fused-ring (bicyclic) bond motifs is 1. The fourth-order valence-electron chi connectivity index (χ4n) is 3.71. The molecule has 2 aliphatic rings. The van der Waals surface area contributed by atoms with Gasteiger partial charge in [0.1, 0.15) is 0 Å². The molecule has 1 aliphatic carbocycles. The molecule has 114 valence electrons. The smallest absolute Gasteiger partial charge is 0.313 e. The zero-order chi connectivity index (χ0) is 15.0. The summed E-state index contributed by atoms with van der Waals surface area (Å²) in [4.78, 5) is 26.2. The maximum absolute atomic E-state index is 12.1. The molecule has 2 fully saturated rings. The molecule has 5 heteroatoms. The van der Waals surface area contributed by atoms with Gasteiger partial charge in [0, 0.05) is 18.6 Å². The quantitative estimate of drug-likeness (QED) is 0.790. The minimum atomic E-state index is -0.364. The summed E-state index contributed by atoms with van der Waals surface area (Å²) < 4.78 is 5.01. The fraction of sp³-hybridized carbons (Fsp3) is 0.867. The van der Waals surface area contributed by atoms with Crippen LogP contribution in [0.15, 0.2) is 0 Å². The van der Waals surface area contributed by atoms with Crippen LogP contribution in [0.5, 0.6) is 0 Å². The van der Waals surface area contributed by atoms with Gasteiger partial charge in [-0.15, -0.1) is 0 Å². The summed E-state index contributed by atoms with van der Waals surface area (Å²) in [5, 5.41) is 2.97. The lowest BCUT2D eigenvalue weighted by atomic mass is 9.81. The van der Waals surface area contributed by atoms with Crippen molar-refractivity contribution in [3.63, 3.8) is 0 Å². The molecule has 1 saturated carbocycles. The maximum atomic E-state index is 12.1. The van der Waals surface area contributed by atoms with E-state index in [0.29, 0.717) is 19.0 Å². The Morgan fingerprint density at radius 1 is 1.40 bits per heavy atom. The highest BCUT2D eigenvalue weighted by molar-refractivity contribution is 5.80. The summed E-state index contributed by atoms with van der Waals surface area (Å²) in [7, 11) is 1.46. The molecule has 0 aromatic rings. The van der Waals surface area contributed by atoms with Gasteiger partial charge in [0.05, 0.1) is 19.1 Å². The van der Waals surface area contributed by atoms with E-state index < -0.39 is 0 Å². The fourth-order valence-corrected chi connectivity index (χ4v) is 3.71. The zero-order valence-electron chi connectivity index (χ0n) is 13.0. The number of carbonyl (C=O) groups is 2. The molecular weight excluding hydrogens is 256 g/mol. The van der Waals surface area contributed by atoms with Crippen molar-refractivity contribution in [2.75, 3.05) is 26.7 Å². The Hall–Kier alpha value is -1.10. The summed E-state index contributed by atoms with van der Waals surface area (Å²) in [5.74, 6) is 0.272. The van der Waals surface area contributed by atoms with E-state index in [9.17, 15) is 9.59 Å². The Morgan fingerprint density at radius 3 is 2.70 bits per heavy atom. The third-order valence-electron chi connectivity index (χ3n) is 4.41. The second-order valence-corrected chi connectivity index (χ2v) is 7.20. The van der Waals surface area contributed by atoms with E-state index in [-0.39, 0.29) is 22.8 Å². The van der Waals surface area contributed by atoms with E-state index >= 15 is 0 Å². The van der Waals surface area contributed by atoms with Gasteiger partial charge < -0.3 is 10.1 Å². The van der Waals surface area contributed by atoms with Crippen LogP contribution in [0.25, 0.3) is 0 Å². The molecule has 1 amide bonds. The predicted octanol–water partition coefficient (Wildman–Crippen LogP) is 1.18. The molecule has 2 rings (SSSR count). The van der Waals surface area contributed by atoms with Gasteiger partial charge in [-0.25, -0.2) is 0 Å². The van der Waals surface area contributed by atoms with E-state index in [4.69, 9.17) is 4.74 Å². The normalized spacial score (nSPS) is 30.1. The van der Waals surface area contributed by atoms with Gasteiger partial charge >= 0.3 is 5.97 Å². The maximum Gasteiger partial charge on any atom is 0.313 e. The summed E-state index contributed by atoms with van der Waals surface area (Å²) in [6, 6.07) is 0. The molecule has 0 radical (unpaired) electrons. The number of likely N-dealkylation sites (tertiary alicyclic amines) is 1. The van der Waals surface area contributed by atoms with Crippen LogP contribution in [0.1, 0.15) is 40.0 Å². The molecule has 1 N–H and O–H groups in total. The van der Waals surface area contributed by atoms with Crippen molar-refractivity contribution in [3.05, 3.63) is 0 Å². The number of rotatable bonds is 3. The standard InChI is InChI=1S/C15H26N2O3/c1-14(2,3)16-12(18)9-17-8-11-6-5-7-15(11,10-17)13(19)20-4/h11H,5-10H2,1-4H3,(H,16,18). The SMILES string of the molecule is COC(=O)C12CCCC1CN(CC(=O)NC(C)(C)C)C2. The van der Waals surface area contributed by atoms with Gasteiger partial charge in [-0.1, -0.05) is 6.42 Å². The van der Waals surface area contributed by atoms with Gasteiger partial charge in [0.15, 0.2) is 0 Å². The number of amides is 1. The molecule has 0 spiro atoms. The van der Waals surface area contributed by atoms with E-state index in [1.807, 2.05) is 20.8 Å². The Labute approximate surface area is 121 Å². The zero-order valence-corrected chi connectivity index (χ0v) is 13.0. The molecule has 2 atom stereocenters. The number of ether oxygens (including phenoxy) is 1. The minimum Gasteiger partial charge on any atom is -0.469 e. The number of esters is 1. The number of nitrogens with one attached hydrogen (secondary N) is 1. The Balaban J connectivity index is 1.98. The van der Waals surface area contributed by atoms with Gasteiger partial charge in [-0.05, 0) is 39.5 Å². The van der Waals surface area contributed by atoms with Gasteiger partial charge in [-0.3, -0.25) is 14.5 Å². The van der Waals surface area contributed by atoms with Crippen LogP contribution in [-0.2, 0) is 14.3 Å². The first-order chi connectivity index (χ1) is 9.27. The van der Waals surface area contributed by atoms with E-state index in [2.05, 4.69) is 10.2 Å². The molecule has 1 heterocycles. The minimum absolute atomic E-state index is 0.0255. The lowest BCUT2D eigenvalue weighted by Gasteiger charge is -2.26. The molecule has 1 saturated heterocycles. The van der Waals surface area contributed by atoms with Crippen molar-refractivity contribution in [3.8, 4) is 0 Å². The molecule has 2 unspecified atom stereocenters. The summed E-state index contributed by atoms with van der Waals surface area (Å²) >= 11 is 0. The largest absolute Gasteiger partial charge is 0.469 e. The van der Waals surface area contributed by atoms with Crippen LogP contribution in [0.4, 0.5) is 0 Å². The first-order valence-corrected chi connectivity index (χ1v) is 7.39. The lowest BCUT2D eigenvalue weighted by molar-refractivity contribution is -0.153. The number of carbonyl (C=O) groups excluding carboxylic acids is 2. The van der Waals surface area contributed by atoms with Crippen molar-refractivity contribution in [1.82, 2.24) is 10.2 Å². The van der Waals surface area contributed by atoms with Gasteiger partial charge in [-0.2, -0.15) is 0 Å². The number of nitrogens with zero attached hydrogens (tertiary/aromatic N) is 1. The highest BCUT2D eigenvalue weighted by atomic mass is 16.5. The Morgan fingerprint density at radius 2 is 2.10 bits per heavy atom. The van der Waals surface area contributed by atoms with Crippen LogP contribution in [0.3, 0.4) is 0 Å². The number of hydrogen-bond acceptors (Lipinski definition) is 4. The van der Waals surface area contributed by atoms with Crippen LogP contribution in [0, 0.1) is 11.3 Å². The molecule has 0 bridgehead atoms. The number of hydrogen-bond donors (Lipinski definition) is 1. The van der Waals surface area contributed by atoms with E-state index in [1.54, 1.807) is 0 Å². The van der Waals surface area contributed by atoms with Crippen LogP contribution in [-0.4, -0.2) is 49.1 Å². The Kier molecular flexibility index (Phi) is 4.09. The second kappa shape index (κ2) is 5.35. The summed E-state index contributed by atoms with van der Waals surface area (Å²) in [6.07, 6.45) is 3.04. The topological polar surface area (TPSA) is 58.6 Å². The first kappa shape index (κ1) is 15.3. The average Bonchev–Trinajstić information content (AvgIpc) is 2.82. The molecule has 20 heavy (non-hydrogen) atoms. The van der Waals surface area contributed by atoms with Crippen LogP contribution >= 0.6 is 0 Å². The van der Waals surface area contributed by atoms with Gasteiger partial charge in [0.25, 0.3) is 0 Å². The average molecular weight is 282 g/mol. The monoisotopic (exact) mass is 282 g/mol. The third kappa shape index (κ3) is 2.97. The van der Waals surface area contributed by atoms with E-state index in [0.717, 1.165) is 25.8 Å². The molecule has 0 aromatic carbocycles. The first-order valence-electron chi connectivity index (χ1n) is 7.39. The predicted molar refractivity (Wildman–Crippen MR) is 76.1 cm³/mol. The molecular formula is C15H26N2O3. The molecule has 5 nitrogen and oxygen atoms in total. The van der Waals surface area contributed by atoms with Crippen molar-refractivity contribution in [2.24, 2.45) is 11.3 Å². The molecule has 0 aromatic heterocycles. The van der Waals surface area contributed by atoms with Crippen molar-refractivity contribution in [2.45, 2.75) is 45.6 Å². The molecule has 1 aliphatic heterocycles. The summed E-state index contributed by atoms with van der Waals surface area (Å²) in [5.41, 5.74) is -0.580. The van der Waals surface area contributed by atoms with Crippen molar-refractivity contribution < 1.29 is 14.3 Å². The summed E-state index contributed by atoms with van der Waals surface area (Å²) in [6.45, 7) is 7.76. The lowest BCUT2D eigenvalue weighted by Crippen LogP contribution is -2.46. The van der Waals surface area contributed by atoms with Crippen LogP contribution in [0.2, 0.25) is 0 Å². The third-order valence-corrected chi connectivity index (χ3v) is 4.41. The highest BCUT2D eigenvalue weighted by Crippen LogP contribution is 2.49. The van der Waals surface area contributed by atoms with Crippen molar-refractivity contribution in [1.29, 1.82) is 0 Å². The number of methoxy groups -OCH3 is 1. The van der Waals surface area contributed by atoms with Crippen molar-refractivity contribution >= 4 is 11.9 Å².